The summed E-state index contributed by atoms with van der Waals surface area (Å²) in [5.41, 5.74) is 1.87. The van der Waals surface area contributed by atoms with Crippen molar-refractivity contribution in [3.8, 4) is 29.0 Å². The molecule has 5 aromatic rings. The minimum absolute atomic E-state index is 0.0116. The van der Waals surface area contributed by atoms with Crippen molar-refractivity contribution in [3.63, 3.8) is 0 Å². The molecule has 13 heteroatoms. The van der Waals surface area contributed by atoms with E-state index in [9.17, 15) is 18.5 Å². The van der Waals surface area contributed by atoms with Gasteiger partial charge in [-0.25, -0.2) is 32.6 Å². The van der Waals surface area contributed by atoms with E-state index < -0.39 is 32.8 Å². The number of nitrogens with zero attached hydrogens (tertiary/aromatic N) is 5. The molecule has 268 valence electrons. The van der Waals surface area contributed by atoms with Crippen LogP contribution in [0.3, 0.4) is 0 Å². The number of carbonyl (C=O) groups is 1. The zero-order valence-electron chi connectivity index (χ0n) is 29.4. The number of aryl methyl sites for hydroxylation is 1. The monoisotopic (exact) mass is 722 g/mol. The number of benzene rings is 3. The largest absolute Gasteiger partial charge is 0.444 e. The average molecular weight is 723 g/mol. The first-order valence-corrected chi connectivity index (χ1v) is 18.7. The number of amides is 1. The van der Waals surface area contributed by atoms with Crippen molar-refractivity contribution in [2.45, 2.75) is 63.7 Å². The fourth-order valence-corrected chi connectivity index (χ4v) is 7.74. The second-order valence-electron chi connectivity index (χ2n) is 13.8. The Morgan fingerprint density at radius 1 is 1.02 bits per heavy atom. The molecule has 1 amide bonds. The lowest BCUT2D eigenvalue weighted by Crippen LogP contribution is -2.47. The minimum atomic E-state index is -3.88. The Labute approximate surface area is 302 Å². The van der Waals surface area contributed by atoms with Crippen LogP contribution in [0, 0.1) is 24.1 Å². The second kappa shape index (κ2) is 14.9. The summed E-state index contributed by atoms with van der Waals surface area (Å²) in [5, 5.41) is 13.7. The van der Waals surface area contributed by atoms with E-state index in [0.717, 1.165) is 18.4 Å². The molecule has 0 unspecified atom stereocenters. The van der Waals surface area contributed by atoms with Crippen molar-refractivity contribution in [3.05, 3.63) is 107 Å². The van der Waals surface area contributed by atoms with Gasteiger partial charge in [0, 0.05) is 42.5 Å². The molecule has 1 aliphatic rings. The first kappa shape index (κ1) is 36.2. The van der Waals surface area contributed by atoms with E-state index in [1.54, 1.807) is 71.9 Å². The van der Waals surface area contributed by atoms with Crippen LogP contribution in [0.25, 0.3) is 22.0 Å². The fraction of sp³-hybridized carbons (Fsp3) is 0.308. The molecule has 1 saturated heterocycles. The molecule has 1 N–H and O–H groups in total. The number of piperidine rings is 1. The fourth-order valence-electron chi connectivity index (χ4n) is 6.18. The van der Waals surface area contributed by atoms with Gasteiger partial charge in [0.15, 0.2) is 9.84 Å². The third-order valence-corrected chi connectivity index (χ3v) is 10.1. The maximum absolute atomic E-state index is 15.4. The summed E-state index contributed by atoms with van der Waals surface area (Å²) < 4.78 is 54.2. The van der Waals surface area contributed by atoms with Crippen molar-refractivity contribution in [1.29, 1.82) is 5.26 Å². The van der Waals surface area contributed by atoms with Gasteiger partial charge in [0.05, 0.1) is 34.4 Å². The Balaban J connectivity index is 1.26. The number of hydrogen-bond acceptors (Lipinski definition) is 10. The topological polar surface area (TPSA) is 147 Å². The molecular weight excluding hydrogens is 684 g/mol. The van der Waals surface area contributed by atoms with Gasteiger partial charge in [0.25, 0.3) is 0 Å². The maximum Gasteiger partial charge on any atom is 0.410 e. The number of hydrogen-bond donors (Lipinski definition) is 1. The van der Waals surface area contributed by atoms with Gasteiger partial charge in [-0.15, -0.1) is 0 Å². The number of carbonyl (C=O) groups excluding carboxylic acids is 1. The lowest BCUT2D eigenvalue weighted by Gasteiger charge is -2.34. The number of nitrogens with one attached hydrogen (secondary N) is 1. The highest BCUT2D eigenvalue weighted by atomic mass is 32.2. The molecule has 1 atom stereocenters. The van der Waals surface area contributed by atoms with E-state index in [1.165, 1.54) is 6.07 Å². The van der Waals surface area contributed by atoms with Crippen LogP contribution in [0.15, 0.2) is 79.1 Å². The predicted molar refractivity (Wildman–Crippen MR) is 196 cm³/mol. The highest BCUT2D eigenvalue weighted by Crippen LogP contribution is 2.38. The predicted octanol–water partition coefficient (Wildman–Crippen LogP) is 7.73. The Hall–Kier alpha value is -5.61. The number of anilines is 1. The summed E-state index contributed by atoms with van der Waals surface area (Å²) in [6.45, 7) is 8.42. The van der Waals surface area contributed by atoms with Crippen LogP contribution in [0.5, 0.6) is 11.6 Å². The Bertz CT molecular complexity index is 2290. The number of rotatable bonds is 9. The molecule has 1 fully saturated rings. The molecular formula is C39H39FN6O5S. The van der Waals surface area contributed by atoms with Crippen LogP contribution >= 0.6 is 0 Å². The quantitative estimate of drug-likeness (QED) is 0.160. The summed E-state index contributed by atoms with van der Waals surface area (Å²) in [7, 11) is -3.88. The van der Waals surface area contributed by atoms with Crippen molar-refractivity contribution < 1.29 is 27.1 Å². The van der Waals surface area contributed by atoms with Crippen LogP contribution in [0.1, 0.15) is 55.9 Å². The molecule has 3 aromatic carbocycles. The molecule has 0 spiro atoms. The maximum atomic E-state index is 15.4. The van der Waals surface area contributed by atoms with Gasteiger partial charge in [-0.3, -0.25) is 0 Å². The highest BCUT2D eigenvalue weighted by Gasteiger charge is 2.28. The van der Waals surface area contributed by atoms with E-state index in [1.807, 2.05) is 39.8 Å². The summed E-state index contributed by atoms with van der Waals surface area (Å²) in [5.74, 6) is -0.626. The third-order valence-electron chi connectivity index (χ3n) is 8.59. The summed E-state index contributed by atoms with van der Waals surface area (Å²) in [6, 6.07) is 20.0. The minimum Gasteiger partial charge on any atom is -0.444 e. The number of halogens is 1. The van der Waals surface area contributed by atoms with E-state index >= 15 is 4.39 Å². The lowest BCUT2D eigenvalue weighted by atomic mass is 10.0. The van der Waals surface area contributed by atoms with Gasteiger partial charge in [-0.2, -0.15) is 5.26 Å². The van der Waals surface area contributed by atoms with Gasteiger partial charge >= 0.3 is 6.09 Å². The van der Waals surface area contributed by atoms with Gasteiger partial charge in [0.2, 0.25) is 11.8 Å². The van der Waals surface area contributed by atoms with E-state index in [-0.39, 0.29) is 29.1 Å². The van der Waals surface area contributed by atoms with Crippen molar-refractivity contribution in [2.75, 3.05) is 18.4 Å². The zero-order chi connectivity index (χ0) is 37.0. The van der Waals surface area contributed by atoms with Crippen LogP contribution in [0.2, 0.25) is 0 Å². The zero-order valence-corrected chi connectivity index (χ0v) is 30.2. The number of sulfone groups is 1. The third kappa shape index (κ3) is 8.46. The van der Waals surface area contributed by atoms with Crippen molar-refractivity contribution in [1.82, 2.24) is 19.9 Å². The van der Waals surface area contributed by atoms with E-state index in [2.05, 4.69) is 15.3 Å². The number of aromatic nitrogens is 3. The normalized spacial score (nSPS) is 14.8. The summed E-state index contributed by atoms with van der Waals surface area (Å²) >= 11 is 0. The van der Waals surface area contributed by atoms with Gasteiger partial charge in [0.1, 0.15) is 17.2 Å². The first-order valence-electron chi connectivity index (χ1n) is 16.9. The Morgan fingerprint density at radius 3 is 2.60 bits per heavy atom. The Morgan fingerprint density at radius 2 is 1.81 bits per heavy atom. The van der Waals surface area contributed by atoms with Crippen molar-refractivity contribution >= 4 is 32.7 Å². The van der Waals surface area contributed by atoms with Gasteiger partial charge < -0.3 is 19.7 Å². The number of likely N-dealkylation sites (tertiary alicyclic amines) is 1. The van der Waals surface area contributed by atoms with Crippen LogP contribution in [-0.4, -0.2) is 59.1 Å². The molecule has 0 aliphatic carbocycles. The van der Waals surface area contributed by atoms with Crippen LogP contribution < -0.4 is 10.1 Å². The van der Waals surface area contributed by atoms with Crippen molar-refractivity contribution in [2.24, 2.45) is 0 Å². The molecule has 11 nitrogen and oxygen atoms in total. The van der Waals surface area contributed by atoms with Crippen LogP contribution in [0.4, 0.5) is 15.1 Å². The van der Waals surface area contributed by atoms with E-state index in [4.69, 9.17) is 14.5 Å². The standard InChI is InChI=1S/C39H39FN6O5S/c1-25-13-14-29-30(15-16-33(40)32(29)24-52(48,49)23-27-10-6-5-9-26(27)21-41)35(25)50-36-31(12-7-18-42-36)34-17-19-43-37(45-34)44-28-11-8-20-46(22-28)38(47)51-39(2,3)4/h5-7,9-10,12-19,28H,8,11,20,22-24H2,1-4H3,(H,43,44,45)/t28-/m0/s1. The molecule has 2 aromatic heterocycles. The smallest absolute Gasteiger partial charge is 0.410 e. The molecule has 0 saturated carbocycles. The molecule has 1 aliphatic heterocycles. The number of ether oxygens (including phenoxy) is 2. The lowest BCUT2D eigenvalue weighted by molar-refractivity contribution is 0.0206. The SMILES string of the molecule is Cc1ccc2c(CS(=O)(=O)Cc3ccccc3C#N)c(F)ccc2c1Oc1ncccc1-c1ccnc(N[C@H]2CCCN(C(=O)OC(C)(C)C)C2)n1. The molecule has 52 heavy (non-hydrogen) atoms. The summed E-state index contributed by atoms with van der Waals surface area (Å²) in [6.07, 6.45) is 4.49. The molecule has 0 bridgehead atoms. The number of fused-ring (bicyclic) bond motifs is 1. The highest BCUT2D eigenvalue weighted by molar-refractivity contribution is 7.89. The first-order chi connectivity index (χ1) is 24.8. The molecule has 6 rings (SSSR count). The van der Waals surface area contributed by atoms with Gasteiger partial charge in [-0.1, -0.05) is 30.3 Å². The number of nitriles is 1. The van der Waals surface area contributed by atoms with Crippen LogP contribution in [-0.2, 0) is 26.1 Å². The average Bonchev–Trinajstić information content (AvgIpc) is 3.10. The summed E-state index contributed by atoms with van der Waals surface area (Å²) in [4.78, 5) is 28.1. The van der Waals surface area contributed by atoms with E-state index in [0.29, 0.717) is 52.4 Å². The van der Waals surface area contributed by atoms with Gasteiger partial charge in [-0.05, 0) is 93.4 Å². The molecule has 3 heterocycles. The number of pyridine rings is 1. The molecule has 0 radical (unpaired) electrons. The second-order valence-corrected chi connectivity index (χ2v) is 15.8. The Kier molecular flexibility index (Phi) is 10.4.